The van der Waals surface area contributed by atoms with Crippen molar-refractivity contribution in [2.45, 2.75) is 13.0 Å². The average molecular weight is 364 g/mol. The van der Waals surface area contributed by atoms with Crippen LogP contribution >= 0.6 is 0 Å². The van der Waals surface area contributed by atoms with E-state index in [2.05, 4.69) is 5.32 Å². The van der Waals surface area contributed by atoms with Gasteiger partial charge in [0, 0.05) is 18.7 Å². The van der Waals surface area contributed by atoms with Gasteiger partial charge in [-0.3, -0.25) is 4.79 Å². The van der Waals surface area contributed by atoms with E-state index in [4.69, 9.17) is 0 Å². The van der Waals surface area contributed by atoms with E-state index >= 15 is 0 Å². The average Bonchev–Trinajstić information content (AvgIpc) is 2.56. The van der Waals surface area contributed by atoms with Crippen molar-refractivity contribution in [1.29, 1.82) is 0 Å². The summed E-state index contributed by atoms with van der Waals surface area (Å²) >= 11 is 0. The Balaban J connectivity index is 1.93. The van der Waals surface area contributed by atoms with Crippen LogP contribution in [-0.4, -0.2) is 38.0 Å². The number of carbonyl (C=O) groups excluding carboxylic acids is 1. The quantitative estimate of drug-likeness (QED) is 0.779. The Bertz CT molecular complexity index is 810. The molecule has 1 amide bonds. The van der Waals surface area contributed by atoms with Crippen molar-refractivity contribution in [1.82, 2.24) is 9.62 Å². The molecule has 2 rings (SSSR count). The van der Waals surface area contributed by atoms with Gasteiger partial charge in [0.1, 0.15) is 5.82 Å². The minimum Gasteiger partial charge on any atom is -0.355 e. The van der Waals surface area contributed by atoms with E-state index in [-0.39, 0.29) is 18.7 Å². The summed E-state index contributed by atoms with van der Waals surface area (Å²) in [5, 5.41) is 2.70. The number of nitrogens with one attached hydrogen (secondary N) is 1. The van der Waals surface area contributed by atoms with Crippen LogP contribution in [0.15, 0.2) is 54.6 Å². The number of amides is 1. The van der Waals surface area contributed by atoms with Crippen LogP contribution < -0.4 is 5.32 Å². The number of carbonyl (C=O) groups is 1. The van der Waals surface area contributed by atoms with Crippen LogP contribution in [0.3, 0.4) is 0 Å². The molecule has 0 saturated heterocycles. The third-order valence-electron chi connectivity index (χ3n) is 3.67. The summed E-state index contributed by atoms with van der Waals surface area (Å²) in [4.78, 5) is 12.1. The van der Waals surface area contributed by atoms with Gasteiger partial charge < -0.3 is 5.32 Å². The molecule has 0 aliphatic rings. The molecule has 0 unspecified atom stereocenters. The first kappa shape index (κ1) is 19.1. The molecule has 2 aromatic rings. The van der Waals surface area contributed by atoms with Gasteiger partial charge in [0.05, 0.1) is 12.8 Å². The molecule has 0 spiro atoms. The maximum Gasteiger partial charge on any atom is 0.235 e. The van der Waals surface area contributed by atoms with Crippen LogP contribution in [0.5, 0.6) is 0 Å². The fourth-order valence-electron chi connectivity index (χ4n) is 2.31. The van der Waals surface area contributed by atoms with E-state index in [1.165, 1.54) is 18.2 Å². The minimum atomic E-state index is -3.65. The third-order valence-corrected chi connectivity index (χ3v) is 4.87. The molecule has 0 aliphatic carbocycles. The van der Waals surface area contributed by atoms with Crippen LogP contribution in [0.4, 0.5) is 4.39 Å². The van der Waals surface area contributed by atoms with Crippen LogP contribution in [0, 0.1) is 5.82 Å². The molecule has 0 saturated carbocycles. The predicted molar refractivity (Wildman–Crippen MR) is 94.8 cm³/mol. The van der Waals surface area contributed by atoms with E-state index in [0.717, 1.165) is 16.1 Å². The number of halogens is 1. The lowest BCUT2D eigenvalue weighted by Crippen LogP contribution is -2.40. The van der Waals surface area contributed by atoms with Crippen molar-refractivity contribution in [3.63, 3.8) is 0 Å². The second-order valence-electron chi connectivity index (χ2n) is 5.71. The molecular weight excluding hydrogens is 343 g/mol. The Morgan fingerprint density at radius 2 is 1.72 bits per heavy atom. The molecule has 25 heavy (non-hydrogen) atoms. The minimum absolute atomic E-state index is 0.183. The lowest BCUT2D eigenvalue weighted by molar-refractivity contribution is -0.121. The second-order valence-corrected chi connectivity index (χ2v) is 7.69. The van der Waals surface area contributed by atoms with Gasteiger partial charge in [0.25, 0.3) is 0 Å². The van der Waals surface area contributed by atoms with Crippen LogP contribution in [0.2, 0.25) is 0 Å². The number of benzene rings is 2. The van der Waals surface area contributed by atoms with Gasteiger partial charge in [0.15, 0.2) is 0 Å². The summed E-state index contributed by atoms with van der Waals surface area (Å²) in [5.74, 6) is -0.918. The molecule has 0 radical (unpaired) electrons. The smallest absolute Gasteiger partial charge is 0.235 e. The van der Waals surface area contributed by atoms with Crippen molar-refractivity contribution in [2.24, 2.45) is 0 Å². The fourth-order valence-corrected chi connectivity index (χ4v) is 3.04. The molecule has 0 fully saturated rings. The first-order valence-electron chi connectivity index (χ1n) is 7.85. The fraction of sp³-hybridized carbons (Fsp3) is 0.278. The molecule has 0 aliphatic heterocycles. The molecule has 5 nitrogen and oxygen atoms in total. The van der Waals surface area contributed by atoms with Crippen LogP contribution in [-0.2, 0) is 27.8 Å². The molecule has 1 N–H and O–H groups in total. The highest BCUT2D eigenvalue weighted by Crippen LogP contribution is 2.12. The topological polar surface area (TPSA) is 66.5 Å². The highest BCUT2D eigenvalue weighted by atomic mass is 32.2. The lowest BCUT2D eigenvalue weighted by atomic mass is 10.1. The number of hydrogen-bond acceptors (Lipinski definition) is 3. The summed E-state index contributed by atoms with van der Waals surface area (Å²) in [7, 11) is -3.65. The maximum atomic E-state index is 13.7. The van der Waals surface area contributed by atoms with E-state index in [9.17, 15) is 17.6 Å². The van der Waals surface area contributed by atoms with Gasteiger partial charge in [-0.2, -0.15) is 4.31 Å². The zero-order valence-corrected chi connectivity index (χ0v) is 14.8. The normalized spacial score (nSPS) is 11.5. The monoisotopic (exact) mass is 364 g/mol. The second kappa shape index (κ2) is 8.73. The Morgan fingerprint density at radius 1 is 1.08 bits per heavy atom. The van der Waals surface area contributed by atoms with Crippen molar-refractivity contribution in [2.75, 3.05) is 19.3 Å². The van der Waals surface area contributed by atoms with Crippen molar-refractivity contribution in [3.05, 3.63) is 71.5 Å². The summed E-state index contributed by atoms with van der Waals surface area (Å²) in [6.45, 7) is -0.125. The largest absolute Gasteiger partial charge is 0.355 e. The summed E-state index contributed by atoms with van der Waals surface area (Å²) < 4.78 is 38.5. The molecule has 0 bridgehead atoms. The Kier molecular flexibility index (Phi) is 6.66. The molecule has 0 atom stereocenters. The van der Waals surface area contributed by atoms with Crippen molar-refractivity contribution >= 4 is 15.9 Å². The number of sulfonamides is 1. The van der Waals surface area contributed by atoms with Crippen LogP contribution in [0.25, 0.3) is 0 Å². The van der Waals surface area contributed by atoms with Gasteiger partial charge in [0.2, 0.25) is 15.9 Å². The molecule has 2 aromatic carbocycles. The Hall–Kier alpha value is -2.25. The molecule has 134 valence electrons. The van der Waals surface area contributed by atoms with Gasteiger partial charge in [-0.1, -0.05) is 48.5 Å². The van der Waals surface area contributed by atoms with Gasteiger partial charge in [-0.15, -0.1) is 0 Å². The zero-order chi connectivity index (χ0) is 18.3. The number of nitrogens with zero attached hydrogens (tertiary/aromatic N) is 1. The predicted octanol–water partition coefficient (Wildman–Crippen LogP) is 1.95. The summed E-state index contributed by atoms with van der Waals surface area (Å²) in [5.41, 5.74) is 1.30. The summed E-state index contributed by atoms with van der Waals surface area (Å²) in [6.07, 6.45) is 1.66. The first-order valence-corrected chi connectivity index (χ1v) is 9.70. The highest BCUT2D eigenvalue weighted by molar-refractivity contribution is 7.88. The summed E-state index contributed by atoms with van der Waals surface area (Å²) in [6, 6.07) is 15.6. The number of hydrogen-bond donors (Lipinski definition) is 1. The van der Waals surface area contributed by atoms with E-state index in [1.54, 1.807) is 6.07 Å². The first-order chi connectivity index (χ1) is 11.9. The zero-order valence-electron chi connectivity index (χ0n) is 14.0. The lowest BCUT2D eigenvalue weighted by Gasteiger charge is -2.20. The van der Waals surface area contributed by atoms with Gasteiger partial charge >= 0.3 is 0 Å². The Morgan fingerprint density at radius 3 is 2.36 bits per heavy atom. The van der Waals surface area contributed by atoms with Crippen molar-refractivity contribution < 1.29 is 17.6 Å². The molecule has 0 heterocycles. The number of rotatable bonds is 8. The van der Waals surface area contributed by atoms with E-state index < -0.39 is 21.7 Å². The molecule has 0 aromatic heterocycles. The van der Waals surface area contributed by atoms with Gasteiger partial charge in [-0.25, -0.2) is 12.8 Å². The highest BCUT2D eigenvalue weighted by Gasteiger charge is 2.21. The molecular formula is C18H21FN2O3S. The standard InChI is InChI=1S/C18H21FN2O3S/c1-25(23,24)21(13-16-9-5-6-10-17(16)19)14-18(22)20-12-11-15-7-3-2-4-8-15/h2-10H,11-14H2,1H3,(H,20,22). The van der Waals surface area contributed by atoms with Crippen LogP contribution in [0.1, 0.15) is 11.1 Å². The van der Waals surface area contributed by atoms with E-state index in [1.807, 2.05) is 30.3 Å². The van der Waals surface area contributed by atoms with Crippen molar-refractivity contribution in [3.8, 4) is 0 Å². The maximum absolute atomic E-state index is 13.7. The molecule has 7 heteroatoms. The Labute approximate surface area is 147 Å². The third kappa shape index (κ3) is 6.28. The van der Waals surface area contributed by atoms with E-state index in [0.29, 0.717) is 13.0 Å². The van der Waals surface area contributed by atoms with Gasteiger partial charge in [-0.05, 0) is 18.1 Å². The SMILES string of the molecule is CS(=O)(=O)N(CC(=O)NCCc1ccccc1)Cc1ccccc1F.